The highest BCUT2D eigenvalue weighted by Gasteiger charge is 2.28. The number of rotatable bonds is 5. The van der Waals surface area contributed by atoms with Crippen LogP contribution in [-0.4, -0.2) is 37.1 Å². The van der Waals surface area contributed by atoms with Crippen LogP contribution < -0.4 is 5.32 Å². The summed E-state index contributed by atoms with van der Waals surface area (Å²) in [5.41, 5.74) is 0.593. The highest BCUT2D eigenvalue weighted by molar-refractivity contribution is 4.85. The lowest BCUT2D eigenvalue weighted by Crippen LogP contribution is -2.39. The van der Waals surface area contributed by atoms with Crippen molar-refractivity contribution in [2.45, 2.75) is 65.3 Å². The molecule has 0 aromatic rings. The highest BCUT2D eigenvalue weighted by Crippen LogP contribution is 2.32. The van der Waals surface area contributed by atoms with Crippen molar-refractivity contribution in [2.24, 2.45) is 11.3 Å². The molecule has 1 aliphatic carbocycles. The van der Waals surface area contributed by atoms with Crippen LogP contribution in [0.25, 0.3) is 0 Å². The molecule has 2 rings (SSSR count). The summed E-state index contributed by atoms with van der Waals surface area (Å²) in [4.78, 5) is 2.70. The van der Waals surface area contributed by atoms with Crippen LogP contribution >= 0.6 is 0 Å². The average Bonchev–Trinajstić information content (AvgIpc) is 2.76. The number of nitrogens with zero attached hydrogens (tertiary/aromatic N) is 1. The predicted molar refractivity (Wildman–Crippen MR) is 78.9 cm³/mol. The van der Waals surface area contributed by atoms with Crippen molar-refractivity contribution in [3.8, 4) is 0 Å². The third kappa shape index (κ3) is 3.96. The minimum absolute atomic E-state index is 0.593. The van der Waals surface area contributed by atoms with Crippen molar-refractivity contribution >= 4 is 0 Å². The molecule has 106 valence electrons. The van der Waals surface area contributed by atoms with Gasteiger partial charge in [-0.2, -0.15) is 0 Å². The van der Waals surface area contributed by atoms with E-state index >= 15 is 0 Å². The van der Waals surface area contributed by atoms with Crippen LogP contribution in [0.1, 0.15) is 59.3 Å². The molecule has 0 aromatic heterocycles. The lowest BCUT2D eigenvalue weighted by Gasteiger charge is -2.37. The van der Waals surface area contributed by atoms with Gasteiger partial charge >= 0.3 is 0 Å². The minimum atomic E-state index is 0.593. The molecular weight excluding hydrogens is 220 g/mol. The summed E-state index contributed by atoms with van der Waals surface area (Å²) in [6.45, 7) is 12.2. The molecule has 2 atom stereocenters. The third-order valence-corrected chi connectivity index (χ3v) is 5.15. The van der Waals surface area contributed by atoms with Crippen molar-refractivity contribution in [3.63, 3.8) is 0 Å². The van der Waals surface area contributed by atoms with Gasteiger partial charge in [0, 0.05) is 6.04 Å². The number of hydrogen-bond donors (Lipinski definition) is 1. The second kappa shape index (κ2) is 6.38. The zero-order chi connectivity index (χ0) is 13.0. The molecule has 1 saturated carbocycles. The Balaban J connectivity index is 1.68. The summed E-state index contributed by atoms with van der Waals surface area (Å²) in [6, 6.07) is 0.816. The fourth-order valence-electron chi connectivity index (χ4n) is 3.64. The van der Waals surface area contributed by atoms with E-state index in [1.807, 2.05) is 0 Å². The van der Waals surface area contributed by atoms with Crippen LogP contribution in [0, 0.1) is 11.3 Å². The maximum absolute atomic E-state index is 3.68. The topological polar surface area (TPSA) is 15.3 Å². The molecule has 1 heterocycles. The van der Waals surface area contributed by atoms with Gasteiger partial charge in [-0.05, 0) is 69.6 Å². The summed E-state index contributed by atoms with van der Waals surface area (Å²) in [7, 11) is 0. The number of hydrogen-bond acceptors (Lipinski definition) is 2. The molecule has 0 radical (unpaired) electrons. The minimum Gasteiger partial charge on any atom is -0.314 e. The summed E-state index contributed by atoms with van der Waals surface area (Å²) in [6.07, 6.45) is 8.48. The molecular formula is C16H32N2. The summed E-state index contributed by atoms with van der Waals surface area (Å²) in [5, 5.41) is 3.68. The zero-order valence-corrected chi connectivity index (χ0v) is 12.7. The molecule has 0 aromatic carbocycles. The van der Waals surface area contributed by atoms with Crippen LogP contribution in [0.4, 0.5) is 0 Å². The first-order valence-electron chi connectivity index (χ1n) is 8.06. The zero-order valence-electron chi connectivity index (χ0n) is 12.7. The van der Waals surface area contributed by atoms with Gasteiger partial charge in [-0.3, -0.25) is 0 Å². The Morgan fingerprint density at radius 1 is 1.17 bits per heavy atom. The van der Waals surface area contributed by atoms with E-state index in [1.54, 1.807) is 0 Å². The van der Waals surface area contributed by atoms with Crippen LogP contribution in [0.15, 0.2) is 0 Å². The van der Waals surface area contributed by atoms with Crippen molar-refractivity contribution in [2.75, 3.05) is 26.2 Å². The third-order valence-electron chi connectivity index (χ3n) is 5.15. The lowest BCUT2D eigenvalue weighted by atomic mass is 9.82. The van der Waals surface area contributed by atoms with E-state index in [0.29, 0.717) is 5.41 Å². The van der Waals surface area contributed by atoms with Gasteiger partial charge in [0.25, 0.3) is 0 Å². The molecule has 18 heavy (non-hydrogen) atoms. The summed E-state index contributed by atoms with van der Waals surface area (Å²) >= 11 is 0. The molecule has 2 fully saturated rings. The first kappa shape index (κ1) is 14.3. The molecule has 2 heteroatoms. The molecule has 0 spiro atoms. The molecule has 2 unspecified atom stereocenters. The first-order chi connectivity index (χ1) is 8.61. The Kier molecular flexibility index (Phi) is 5.08. The van der Waals surface area contributed by atoms with Crippen molar-refractivity contribution < 1.29 is 0 Å². The second-order valence-electron chi connectivity index (χ2n) is 7.15. The second-order valence-corrected chi connectivity index (χ2v) is 7.15. The van der Waals surface area contributed by atoms with E-state index < -0.39 is 0 Å². The van der Waals surface area contributed by atoms with Gasteiger partial charge in [0.15, 0.2) is 0 Å². The van der Waals surface area contributed by atoms with Crippen molar-refractivity contribution in [1.29, 1.82) is 0 Å². The van der Waals surface area contributed by atoms with Gasteiger partial charge in [0.1, 0.15) is 0 Å². The Bertz CT molecular complexity index is 239. The Labute approximate surface area is 114 Å². The van der Waals surface area contributed by atoms with E-state index in [4.69, 9.17) is 0 Å². The van der Waals surface area contributed by atoms with Gasteiger partial charge < -0.3 is 10.2 Å². The van der Waals surface area contributed by atoms with Crippen LogP contribution in [0.2, 0.25) is 0 Å². The number of likely N-dealkylation sites (tertiary alicyclic amines) is 1. The highest BCUT2D eigenvalue weighted by atomic mass is 15.1. The fourth-order valence-corrected chi connectivity index (χ4v) is 3.64. The Hall–Kier alpha value is -0.0800. The predicted octanol–water partition coefficient (Wildman–Crippen LogP) is 3.28. The molecule has 2 nitrogen and oxygen atoms in total. The van der Waals surface area contributed by atoms with Crippen molar-refractivity contribution in [1.82, 2.24) is 10.2 Å². The van der Waals surface area contributed by atoms with E-state index in [1.165, 1.54) is 58.2 Å². The van der Waals surface area contributed by atoms with E-state index in [2.05, 4.69) is 31.0 Å². The molecule has 1 aliphatic heterocycles. The van der Waals surface area contributed by atoms with E-state index in [9.17, 15) is 0 Å². The fraction of sp³-hybridized carbons (Fsp3) is 1.00. The molecule has 0 amide bonds. The quantitative estimate of drug-likeness (QED) is 0.808. The van der Waals surface area contributed by atoms with Gasteiger partial charge in [0.05, 0.1) is 0 Å². The first-order valence-corrected chi connectivity index (χ1v) is 8.06. The van der Waals surface area contributed by atoms with Gasteiger partial charge in [-0.15, -0.1) is 0 Å². The van der Waals surface area contributed by atoms with Crippen LogP contribution in [-0.2, 0) is 0 Å². The van der Waals surface area contributed by atoms with E-state index in [-0.39, 0.29) is 0 Å². The summed E-state index contributed by atoms with van der Waals surface area (Å²) in [5.74, 6) is 0.944. The largest absolute Gasteiger partial charge is 0.314 e. The number of piperidine rings is 1. The van der Waals surface area contributed by atoms with Gasteiger partial charge in [-0.25, -0.2) is 0 Å². The molecule has 1 saturated heterocycles. The average molecular weight is 252 g/mol. The normalized spacial score (nSPS) is 32.8. The SMILES string of the molecule is CCNC1CCCC1CCN1CCC(C)(C)CC1. The molecule has 0 bridgehead atoms. The lowest BCUT2D eigenvalue weighted by molar-refractivity contribution is 0.125. The smallest absolute Gasteiger partial charge is 0.00956 e. The van der Waals surface area contributed by atoms with Crippen LogP contribution in [0.3, 0.4) is 0 Å². The molecule has 2 aliphatic rings. The van der Waals surface area contributed by atoms with Crippen molar-refractivity contribution in [3.05, 3.63) is 0 Å². The monoisotopic (exact) mass is 252 g/mol. The van der Waals surface area contributed by atoms with E-state index in [0.717, 1.165) is 18.5 Å². The van der Waals surface area contributed by atoms with Gasteiger partial charge in [0.2, 0.25) is 0 Å². The molecule has 1 N–H and O–H groups in total. The Morgan fingerprint density at radius 2 is 1.89 bits per heavy atom. The standard InChI is InChI=1S/C16H32N2/c1-4-17-15-7-5-6-14(15)8-11-18-12-9-16(2,3)10-13-18/h14-15,17H,4-13H2,1-3H3. The summed E-state index contributed by atoms with van der Waals surface area (Å²) < 4.78 is 0. The van der Waals surface area contributed by atoms with Crippen LogP contribution in [0.5, 0.6) is 0 Å². The maximum Gasteiger partial charge on any atom is 0.00956 e. The maximum atomic E-state index is 3.68. The van der Waals surface area contributed by atoms with Gasteiger partial charge in [-0.1, -0.05) is 27.2 Å². The Morgan fingerprint density at radius 3 is 2.56 bits per heavy atom. The number of nitrogens with one attached hydrogen (secondary N) is 1.